The van der Waals surface area contributed by atoms with Gasteiger partial charge in [-0.25, -0.2) is 0 Å². The number of hydrogen-bond acceptors (Lipinski definition) is 2. The first-order chi connectivity index (χ1) is 4.83. The fraction of sp³-hybridized carbons (Fsp3) is 0.833. The van der Waals surface area contributed by atoms with Crippen LogP contribution in [0.3, 0.4) is 0 Å². The van der Waals surface area contributed by atoms with Crippen LogP contribution < -0.4 is 5.32 Å². The van der Waals surface area contributed by atoms with Crippen molar-refractivity contribution in [2.45, 2.75) is 13.8 Å². The fourth-order valence-electron chi connectivity index (χ4n) is 0. The van der Waals surface area contributed by atoms with E-state index in [9.17, 15) is 0 Å². The Bertz CT molecular complexity index is 64.8. The Hall–Kier alpha value is -0.370. The van der Waals surface area contributed by atoms with Gasteiger partial charge in [0.25, 0.3) is 0 Å². The molecule has 2 heteroatoms. The summed E-state index contributed by atoms with van der Waals surface area (Å²) in [6, 6.07) is 0. The largest absolute Gasteiger partial charge is 0.320 e. The van der Waals surface area contributed by atoms with Crippen LogP contribution in [-0.2, 0) is 0 Å². The highest BCUT2D eigenvalue weighted by Crippen LogP contribution is 1.50. The zero-order chi connectivity index (χ0) is 8.24. The van der Waals surface area contributed by atoms with Gasteiger partial charge in [-0.15, -0.1) is 0 Å². The van der Waals surface area contributed by atoms with Gasteiger partial charge in [-0.2, -0.15) is 0 Å². The first kappa shape index (κ1) is 5.76. The van der Waals surface area contributed by atoms with Crippen LogP contribution in [0.15, 0.2) is 4.99 Å². The summed E-state index contributed by atoms with van der Waals surface area (Å²) < 4.78 is 12.8. The molecule has 0 spiro atoms. The summed E-state index contributed by atoms with van der Waals surface area (Å²) in [5, 5.41) is 2.78. The third-order valence-corrected chi connectivity index (χ3v) is 0.433. The van der Waals surface area contributed by atoms with E-state index in [1.807, 2.05) is 13.8 Å². The van der Waals surface area contributed by atoms with Crippen molar-refractivity contribution in [1.82, 2.24) is 5.32 Å². The minimum Gasteiger partial charge on any atom is -0.320 e. The van der Waals surface area contributed by atoms with Crippen LogP contribution in [0.2, 0.25) is 0 Å². The molecule has 0 aromatic heterocycles. The molecule has 0 amide bonds. The van der Waals surface area contributed by atoms with E-state index < -0.39 is 0 Å². The van der Waals surface area contributed by atoms with Gasteiger partial charge in [0.05, 0.1) is 1.37 Å². The second-order valence-electron chi connectivity index (χ2n) is 1.10. The molecule has 0 radical (unpaired) electrons. The average Bonchev–Trinajstić information content (AvgIpc) is 1.93. The van der Waals surface area contributed by atoms with E-state index in [-0.39, 0.29) is 0 Å². The third-order valence-electron chi connectivity index (χ3n) is 0.433. The van der Waals surface area contributed by atoms with E-state index in [2.05, 4.69) is 10.3 Å². The number of hydrogen-bond donors (Lipinski definition) is 1. The third kappa shape index (κ3) is 45.4. The standard InChI is InChI=1S/C3H9N.C3H7N/c2*1-3-4-2/h4H,3H2,1-2H3;2-3H2,1H3/i2*2T. The van der Waals surface area contributed by atoms with E-state index >= 15 is 0 Å². The van der Waals surface area contributed by atoms with Crippen molar-refractivity contribution in [2.75, 3.05) is 20.1 Å². The summed E-state index contributed by atoms with van der Waals surface area (Å²) in [5.41, 5.74) is 0. The molecule has 0 bridgehead atoms. The monoisotopic (exact) mass is 120 g/mol. The van der Waals surface area contributed by atoms with Crippen LogP contribution in [0.25, 0.3) is 0 Å². The summed E-state index contributed by atoms with van der Waals surface area (Å²) in [7, 11) is 0.344. The molecule has 2 nitrogen and oxygen atoms in total. The molecule has 0 saturated carbocycles. The molecule has 0 aliphatic rings. The Balaban J connectivity index is 0. The molecule has 0 heterocycles. The molecule has 0 aromatic carbocycles. The van der Waals surface area contributed by atoms with Crippen molar-refractivity contribution in [1.29, 1.82) is 0 Å². The normalized spacial score (nSPS) is 11.8. The summed E-state index contributed by atoms with van der Waals surface area (Å²) >= 11 is 0. The van der Waals surface area contributed by atoms with Crippen LogP contribution >= 0.6 is 0 Å². The van der Waals surface area contributed by atoms with Gasteiger partial charge in [-0.3, -0.25) is 0 Å². The quantitative estimate of drug-likeness (QED) is 0.539. The molecular formula is C6H16N2. The molecule has 0 unspecified atom stereocenters. The number of rotatable bonds is 2. The lowest BCUT2D eigenvalue weighted by Crippen LogP contribution is -2.01. The van der Waals surface area contributed by atoms with Crippen LogP contribution in [0.1, 0.15) is 16.6 Å². The van der Waals surface area contributed by atoms with Crippen LogP contribution in [-0.4, -0.2) is 26.8 Å². The lowest BCUT2D eigenvalue weighted by Gasteiger charge is -1.76. The summed E-state index contributed by atoms with van der Waals surface area (Å²) in [5.74, 6) is 0. The first-order valence-corrected chi connectivity index (χ1v) is 2.70. The van der Waals surface area contributed by atoms with E-state index in [1.54, 1.807) is 0 Å². The Morgan fingerprint density at radius 2 is 2.62 bits per heavy atom. The summed E-state index contributed by atoms with van der Waals surface area (Å²) in [4.78, 5) is 3.51. The summed E-state index contributed by atoms with van der Waals surface area (Å²) in [6.45, 7) is 6.56. The molecule has 0 aliphatic carbocycles. The molecule has 0 aliphatic heterocycles. The zero-order valence-electron chi connectivity index (χ0n) is 7.65. The molecule has 0 fully saturated rings. The second-order valence-corrected chi connectivity index (χ2v) is 1.10. The van der Waals surface area contributed by atoms with Gasteiger partial charge < -0.3 is 10.3 Å². The molecule has 0 atom stereocenters. The SMILES string of the molecule is [3H]C=NCC.[3H]CNCC. The number of aliphatic imine (C=N–C) groups is 1. The highest BCUT2D eigenvalue weighted by atomic mass is 14.8. The molecular weight excluding hydrogens is 100 g/mol. The second kappa shape index (κ2) is 15.9. The molecule has 0 rings (SSSR count). The minimum atomic E-state index is 0.344. The molecule has 50 valence electrons. The highest BCUT2D eigenvalue weighted by molar-refractivity contribution is 5.22. The van der Waals surface area contributed by atoms with Crippen molar-refractivity contribution in [2.24, 2.45) is 4.99 Å². The van der Waals surface area contributed by atoms with Gasteiger partial charge in [0, 0.05) is 7.92 Å². The molecule has 0 aromatic rings. The zero-order valence-corrected chi connectivity index (χ0v) is 5.65. The van der Waals surface area contributed by atoms with Crippen LogP contribution in [0.4, 0.5) is 0 Å². The number of nitrogens with one attached hydrogen (secondary N) is 1. The Morgan fingerprint density at radius 3 is 2.62 bits per heavy atom. The van der Waals surface area contributed by atoms with E-state index in [0.29, 0.717) is 7.02 Å². The predicted octanol–water partition coefficient (Wildman–Crippen LogP) is 0.933. The van der Waals surface area contributed by atoms with Gasteiger partial charge in [-0.05, 0) is 27.2 Å². The summed E-state index contributed by atoms with van der Waals surface area (Å²) in [6.07, 6.45) is 0. The van der Waals surface area contributed by atoms with Crippen LogP contribution in [0.5, 0.6) is 0 Å². The Labute approximate surface area is 54.8 Å². The lowest BCUT2D eigenvalue weighted by atomic mass is 10.8. The van der Waals surface area contributed by atoms with Crippen molar-refractivity contribution < 1.29 is 2.74 Å². The lowest BCUT2D eigenvalue weighted by molar-refractivity contribution is 0.864. The maximum atomic E-state index is 6.49. The van der Waals surface area contributed by atoms with Gasteiger partial charge in [-0.1, -0.05) is 6.92 Å². The number of nitrogens with zero attached hydrogens (tertiary/aromatic N) is 1. The van der Waals surface area contributed by atoms with Crippen molar-refractivity contribution >= 4 is 6.69 Å². The van der Waals surface area contributed by atoms with Crippen molar-refractivity contribution in [3.05, 3.63) is 0 Å². The topological polar surface area (TPSA) is 24.4 Å². The van der Waals surface area contributed by atoms with Gasteiger partial charge in [0.2, 0.25) is 0 Å². The maximum absolute atomic E-state index is 6.49. The average molecular weight is 120 g/mol. The van der Waals surface area contributed by atoms with E-state index in [0.717, 1.165) is 19.8 Å². The van der Waals surface area contributed by atoms with Gasteiger partial charge in [0.1, 0.15) is 0 Å². The Kier molecular flexibility index (Phi) is 11.5. The molecule has 1 N–H and O–H groups in total. The van der Waals surface area contributed by atoms with Crippen molar-refractivity contribution in [3.8, 4) is 0 Å². The fourth-order valence-corrected chi connectivity index (χ4v) is 0. The van der Waals surface area contributed by atoms with E-state index in [4.69, 9.17) is 2.74 Å². The highest BCUT2D eigenvalue weighted by Gasteiger charge is 1.50. The maximum Gasteiger partial charge on any atom is 0.0748 e. The molecule has 8 heavy (non-hydrogen) atoms. The van der Waals surface area contributed by atoms with Gasteiger partial charge >= 0.3 is 0 Å². The van der Waals surface area contributed by atoms with Gasteiger partial charge in [0.15, 0.2) is 0 Å². The predicted molar refractivity (Wildman–Crippen MR) is 39.7 cm³/mol. The smallest absolute Gasteiger partial charge is 0.0748 e. The van der Waals surface area contributed by atoms with Crippen molar-refractivity contribution in [3.63, 3.8) is 0 Å². The minimum absolute atomic E-state index is 0.344. The van der Waals surface area contributed by atoms with E-state index in [1.165, 1.54) is 0 Å². The Morgan fingerprint density at radius 1 is 1.88 bits per heavy atom. The van der Waals surface area contributed by atoms with Crippen LogP contribution in [0, 0.1) is 0 Å². The molecule has 0 saturated heterocycles. The first-order valence-electron chi connectivity index (χ1n) is 3.98.